The third kappa shape index (κ3) is 3.72. The van der Waals surface area contributed by atoms with Crippen LogP contribution < -0.4 is 4.74 Å². The summed E-state index contributed by atoms with van der Waals surface area (Å²) in [7, 11) is 1.62. The Labute approximate surface area is 135 Å². The molecule has 0 aliphatic rings. The number of rotatable bonds is 6. The first-order valence-electron chi connectivity index (χ1n) is 7.59. The Hall–Kier alpha value is -2.75. The lowest BCUT2D eigenvalue weighted by Crippen LogP contribution is -2.08. The Morgan fingerprint density at radius 2 is 1.96 bits per heavy atom. The number of carbonyl (C=O) groups is 1. The van der Waals surface area contributed by atoms with Crippen molar-refractivity contribution in [3.63, 3.8) is 0 Å². The van der Waals surface area contributed by atoms with Gasteiger partial charge < -0.3 is 14.0 Å². The maximum Gasteiger partial charge on any atom is 0.307 e. The van der Waals surface area contributed by atoms with Crippen LogP contribution >= 0.6 is 0 Å². The molecule has 3 aromatic rings. The maximum atomic E-state index is 11.9. The molecule has 0 N–H and O–H groups in total. The summed E-state index contributed by atoms with van der Waals surface area (Å²) in [4.78, 5) is 11.9. The average Bonchev–Trinajstić information content (AvgIpc) is 3.01. The molecule has 118 valence electrons. The van der Waals surface area contributed by atoms with Gasteiger partial charge in [-0.1, -0.05) is 30.3 Å². The molecule has 0 aliphatic carbocycles. The molecule has 0 atom stereocenters. The molecule has 1 aromatic heterocycles. The fourth-order valence-corrected chi connectivity index (χ4v) is 2.55. The van der Waals surface area contributed by atoms with Crippen molar-refractivity contribution in [2.24, 2.45) is 0 Å². The normalized spacial score (nSPS) is 10.7. The third-order valence-corrected chi connectivity index (χ3v) is 3.77. The molecule has 4 heteroatoms. The minimum Gasteiger partial charge on any atom is -0.497 e. The lowest BCUT2D eigenvalue weighted by molar-refractivity contribution is -0.145. The first-order chi connectivity index (χ1) is 11.3. The lowest BCUT2D eigenvalue weighted by atomic mass is 10.2. The SMILES string of the molecule is COc1cccc(COC(=O)CCn2ccc3ccccc32)c1. The van der Waals surface area contributed by atoms with Crippen LogP contribution in [0.3, 0.4) is 0 Å². The molecule has 0 unspecified atom stereocenters. The van der Waals surface area contributed by atoms with Crippen LogP contribution in [0.4, 0.5) is 0 Å². The molecule has 0 fully saturated rings. The molecule has 0 saturated carbocycles. The average molecular weight is 309 g/mol. The second-order valence-corrected chi connectivity index (χ2v) is 5.33. The van der Waals surface area contributed by atoms with Gasteiger partial charge in [0.15, 0.2) is 0 Å². The molecule has 1 heterocycles. The number of fused-ring (bicyclic) bond motifs is 1. The van der Waals surface area contributed by atoms with Gasteiger partial charge in [-0.25, -0.2) is 0 Å². The molecule has 0 amide bonds. The smallest absolute Gasteiger partial charge is 0.307 e. The van der Waals surface area contributed by atoms with Crippen LogP contribution in [0.15, 0.2) is 60.8 Å². The highest BCUT2D eigenvalue weighted by Crippen LogP contribution is 2.16. The number of esters is 1. The second-order valence-electron chi connectivity index (χ2n) is 5.33. The predicted molar refractivity (Wildman–Crippen MR) is 89.3 cm³/mol. The quantitative estimate of drug-likeness (QED) is 0.651. The molecule has 0 bridgehead atoms. The number of para-hydroxylation sites is 1. The Morgan fingerprint density at radius 1 is 1.09 bits per heavy atom. The summed E-state index contributed by atoms with van der Waals surface area (Å²) in [6.45, 7) is 0.882. The zero-order chi connectivity index (χ0) is 16.1. The van der Waals surface area contributed by atoms with Crippen molar-refractivity contribution in [1.29, 1.82) is 0 Å². The number of aromatic nitrogens is 1. The fraction of sp³-hybridized carbons (Fsp3) is 0.211. The Bertz CT molecular complexity index is 807. The molecular weight excluding hydrogens is 290 g/mol. The van der Waals surface area contributed by atoms with Crippen LogP contribution in [0.5, 0.6) is 5.75 Å². The number of hydrogen-bond acceptors (Lipinski definition) is 3. The van der Waals surface area contributed by atoms with Gasteiger partial charge in [0.05, 0.1) is 13.5 Å². The first-order valence-corrected chi connectivity index (χ1v) is 7.59. The van der Waals surface area contributed by atoms with Gasteiger partial charge in [-0.15, -0.1) is 0 Å². The highest BCUT2D eigenvalue weighted by Gasteiger charge is 2.06. The van der Waals surface area contributed by atoms with Crippen LogP contribution in [-0.2, 0) is 22.7 Å². The fourth-order valence-electron chi connectivity index (χ4n) is 2.55. The van der Waals surface area contributed by atoms with Gasteiger partial charge in [0.1, 0.15) is 12.4 Å². The lowest BCUT2D eigenvalue weighted by Gasteiger charge is -2.08. The van der Waals surface area contributed by atoms with Crippen LogP contribution in [0.25, 0.3) is 10.9 Å². The highest BCUT2D eigenvalue weighted by atomic mass is 16.5. The Morgan fingerprint density at radius 3 is 2.83 bits per heavy atom. The van der Waals surface area contributed by atoms with Gasteiger partial charge in [0.2, 0.25) is 0 Å². The Balaban J connectivity index is 1.53. The van der Waals surface area contributed by atoms with Crippen molar-refractivity contribution in [3.05, 3.63) is 66.4 Å². The van der Waals surface area contributed by atoms with Crippen LogP contribution in [0, 0.1) is 0 Å². The van der Waals surface area contributed by atoms with E-state index in [1.807, 2.05) is 42.6 Å². The molecule has 4 nitrogen and oxygen atoms in total. The van der Waals surface area contributed by atoms with Crippen molar-refractivity contribution in [3.8, 4) is 5.75 Å². The second kappa shape index (κ2) is 7.01. The number of hydrogen-bond donors (Lipinski definition) is 0. The van der Waals surface area contributed by atoms with E-state index in [0.717, 1.165) is 16.8 Å². The number of ether oxygens (including phenoxy) is 2. The molecule has 0 aliphatic heterocycles. The van der Waals surface area contributed by atoms with E-state index in [0.29, 0.717) is 13.0 Å². The Kier molecular flexibility index (Phi) is 4.62. The monoisotopic (exact) mass is 309 g/mol. The maximum absolute atomic E-state index is 11.9. The van der Waals surface area contributed by atoms with E-state index in [4.69, 9.17) is 9.47 Å². The van der Waals surface area contributed by atoms with E-state index >= 15 is 0 Å². The highest BCUT2D eigenvalue weighted by molar-refractivity contribution is 5.80. The summed E-state index contributed by atoms with van der Waals surface area (Å²) in [6, 6.07) is 17.7. The van der Waals surface area contributed by atoms with Crippen molar-refractivity contribution < 1.29 is 14.3 Å². The topological polar surface area (TPSA) is 40.5 Å². The van der Waals surface area contributed by atoms with Crippen molar-refractivity contribution in [1.82, 2.24) is 4.57 Å². The molecule has 23 heavy (non-hydrogen) atoms. The number of nitrogens with zero attached hydrogens (tertiary/aromatic N) is 1. The minimum atomic E-state index is -0.203. The summed E-state index contributed by atoms with van der Waals surface area (Å²) in [5, 5.41) is 1.18. The first kappa shape index (κ1) is 15.2. The summed E-state index contributed by atoms with van der Waals surface area (Å²) >= 11 is 0. The molecule has 0 spiro atoms. The molecular formula is C19H19NO3. The van der Waals surface area contributed by atoms with Crippen molar-refractivity contribution in [2.75, 3.05) is 7.11 Å². The van der Waals surface area contributed by atoms with Gasteiger partial charge in [0.25, 0.3) is 0 Å². The predicted octanol–water partition coefficient (Wildman–Crippen LogP) is 3.78. The summed E-state index contributed by atoms with van der Waals surface area (Å²) in [5.41, 5.74) is 2.05. The number of benzene rings is 2. The zero-order valence-electron chi connectivity index (χ0n) is 13.1. The number of aryl methyl sites for hydroxylation is 1. The standard InChI is InChI=1S/C19H19NO3/c1-22-17-7-4-5-15(13-17)14-23-19(21)10-12-20-11-9-16-6-2-3-8-18(16)20/h2-9,11,13H,10,12,14H2,1H3. The minimum absolute atomic E-state index is 0.203. The zero-order valence-corrected chi connectivity index (χ0v) is 13.1. The molecule has 3 rings (SSSR count). The number of methoxy groups -OCH3 is 1. The van der Waals surface area contributed by atoms with E-state index in [9.17, 15) is 4.79 Å². The molecule has 0 saturated heterocycles. The molecule has 0 radical (unpaired) electrons. The molecule has 2 aromatic carbocycles. The number of carbonyl (C=O) groups excluding carboxylic acids is 1. The summed E-state index contributed by atoms with van der Waals surface area (Å²) in [6.07, 6.45) is 2.35. The van der Waals surface area contributed by atoms with Crippen LogP contribution in [0.2, 0.25) is 0 Å². The van der Waals surface area contributed by atoms with Gasteiger partial charge in [-0.3, -0.25) is 4.79 Å². The van der Waals surface area contributed by atoms with E-state index in [2.05, 4.69) is 22.8 Å². The van der Waals surface area contributed by atoms with E-state index in [1.54, 1.807) is 7.11 Å². The summed E-state index contributed by atoms with van der Waals surface area (Å²) < 4.78 is 12.6. The van der Waals surface area contributed by atoms with Crippen molar-refractivity contribution >= 4 is 16.9 Å². The van der Waals surface area contributed by atoms with Gasteiger partial charge in [0, 0.05) is 18.3 Å². The van der Waals surface area contributed by atoms with Crippen molar-refractivity contribution in [2.45, 2.75) is 19.6 Å². The van der Waals surface area contributed by atoms with E-state index < -0.39 is 0 Å². The summed E-state index contributed by atoms with van der Waals surface area (Å²) in [5.74, 6) is 0.558. The van der Waals surface area contributed by atoms with E-state index in [1.165, 1.54) is 5.39 Å². The van der Waals surface area contributed by atoms with E-state index in [-0.39, 0.29) is 12.6 Å². The van der Waals surface area contributed by atoms with Crippen LogP contribution in [0.1, 0.15) is 12.0 Å². The largest absolute Gasteiger partial charge is 0.497 e. The van der Waals surface area contributed by atoms with Gasteiger partial charge in [-0.2, -0.15) is 0 Å². The van der Waals surface area contributed by atoms with Crippen LogP contribution in [-0.4, -0.2) is 17.6 Å². The van der Waals surface area contributed by atoms with Gasteiger partial charge in [-0.05, 0) is 35.2 Å². The third-order valence-electron chi connectivity index (χ3n) is 3.77. The van der Waals surface area contributed by atoms with Gasteiger partial charge >= 0.3 is 5.97 Å².